The average molecular weight is 327 g/mol. The second-order valence-corrected chi connectivity index (χ2v) is 7.29. The molecule has 2 aromatic rings. The van der Waals surface area contributed by atoms with Crippen LogP contribution in [0.25, 0.3) is 0 Å². The van der Waals surface area contributed by atoms with Gasteiger partial charge in [0.15, 0.2) is 0 Å². The third-order valence-corrected chi connectivity index (χ3v) is 5.69. The van der Waals surface area contributed by atoms with E-state index in [1.807, 2.05) is 35.9 Å². The molecule has 2 aromatic heterocycles. The molecule has 0 radical (unpaired) electrons. The lowest BCUT2D eigenvalue weighted by Gasteiger charge is -2.25. The van der Waals surface area contributed by atoms with E-state index in [1.165, 1.54) is 16.8 Å². The van der Waals surface area contributed by atoms with E-state index in [4.69, 9.17) is 0 Å². The predicted molar refractivity (Wildman–Crippen MR) is 90.4 cm³/mol. The standard InChI is InChI=1S/C18H25N5O/c1-11-17(12(2)22(4)20-11)16-6-5-7-23(16)18(24)15-8-14(15)13-9-19-21(3)10-13/h9-10,14-16H,5-8H2,1-4H3. The third kappa shape index (κ3) is 2.36. The van der Waals surface area contributed by atoms with Crippen LogP contribution in [0.2, 0.25) is 0 Å². The first-order valence-corrected chi connectivity index (χ1v) is 8.76. The summed E-state index contributed by atoms with van der Waals surface area (Å²) in [4.78, 5) is 15.2. The van der Waals surface area contributed by atoms with Crippen LogP contribution in [-0.2, 0) is 18.9 Å². The summed E-state index contributed by atoms with van der Waals surface area (Å²) in [5, 5.41) is 8.78. The number of carbonyl (C=O) groups is 1. The number of carbonyl (C=O) groups excluding carboxylic acids is 1. The highest BCUT2D eigenvalue weighted by atomic mass is 16.2. The van der Waals surface area contributed by atoms with Gasteiger partial charge in [0.05, 0.1) is 17.9 Å². The van der Waals surface area contributed by atoms with Gasteiger partial charge in [-0.05, 0) is 44.6 Å². The molecule has 3 atom stereocenters. The molecule has 0 spiro atoms. The van der Waals surface area contributed by atoms with Crippen LogP contribution in [0.15, 0.2) is 12.4 Å². The molecule has 128 valence electrons. The van der Waals surface area contributed by atoms with Crippen molar-refractivity contribution in [3.63, 3.8) is 0 Å². The maximum absolute atomic E-state index is 13.1. The van der Waals surface area contributed by atoms with Gasteiger partial charge >= 0.3 is 0 Å². The second-order valence-electron chi connectivity index (χ2n) is 7.29. The molecule has 3 unspecified atom stereocenters. The largest absolute Gasteiger partial charge is 0.335 e. The normalized spacial score (nSPS) is 26.2. The monoisotopic (exact) mass is 327 g/mol. The van der Waals surface area contributed by atoms with Crippen molar-refractivity contribution in [2.75, 3.05) is 6.54 Å². The molecule has 2 fully saturated rings. The molecule has 6 heteroatoms. The molecule has 24 heavy (non-hydrogen) atoms. The minimum absolute atomic E-state index is 0.132. The Labute approximate surface area is 142 Å². The molecule has 0 bridgehead atoms. The Morgan fingerprint density at radius 1 is 1.29 bits per heavy atom. The van der Waals surface area contributed by atoms with Crippen LogP contribution in [0.4, 0.5) is 0 Å². The highest BCUT2D eigenvalue weighted by Crippen LogP contribution is 2.50. The van der Waals surface area contributed by atoms with E-state index in [-0.39, 0.29) is 12.0 Å². The van der Waals surface area contributed by atoms with Crippen molar-refractivity contribution in [2.45, 2.75) is 45.1 Å². The van der Waals surface area contributed by atoms with Crippen LogP contribution in [0.5, 0.6) is 0 Å². The summed E-state index contributed by atoms with van der Waals surface area (Å²) in [6.45, 7) is 5.03. The first kappa shape index (κ1) is 15.4. The zero-order valence-corrected chi connectivity index (χ0v) is 14.9. The van der Waals surface area contributed by atoms with E-state index in [9.17, 15) is 4.79 Å². The van der Waals surface area contributed by atoms with Crippen molar-refractivity contribution in [1.29, 1.82) is 0 Å². The van der Waals surface area contributed by atoms with Crippen LogP contribution in [0, 0.1) is 19.8 Å². The number of hydrogen-bond donors (Lipinski definition) is 0. The minimum Gasteiger partial charge on any atom is -0.335 e. The zero-order chi connectivity index (χ0) is 17.0. The molecule has 1 saturated heterocycles. The molecule has 0 N–H and O–H groups in total. The number of nitrogens with zero attached hydrogens (tertiary/aromatic N) is 5. The Balaban J connectivity index is 1.54. The van der Waals surface area contributed by atoms with Crippen molar-refractivity contribution in [3.05, 3.63) is 34.9 Å². The van der Waals surface area contributed by atoms with Crippen molar-refractivity contribution < 1.29 is 4.79 Å². The first-order chi connectivity index (χ1) is 11.5. The lowest BCUT2D eigenvalue weighted by molar-refractivity contribution is -0.133. The maximum atomic E-state index is 13.1. The molecule has 1 amide bonds. The van der Waals surface area contributed by atoms with E-state index < -0.39 is 0 Å². The molecule has 6 nitrogen and oxygen atoms in total. The Morgan fingerprint density at radius 3 is 2.71 bits per heavy atom. The summed E-state index contributed by atoms with van der Waals surface area (Å²) < 4.78 is 3.75. The molecule has 1 aliphatic heterocycles. The number of likely N-dealkylation sites (tertiary alicyclic amines) is 1. The number of aromatic nitrogens is 4. The smallest absolute Gasteiger partial charge is 0.226 e. The molecular formula is C18H25N5O. The van der Waals surface area contributed by atoms with Gasteiger partial charge in [-0.2, -0.15) is 10.2 Å². The first-order valence-electron chi connectivity index (χ1n) is 8.76. The number of amides is 1. The number of hydrogen-bond acceptors (Lipinski definition) is 3. The third-order valence-electron chi connectivity index (χ3n) is 5.69. The molecule has 3 heterocycles. The van der Waals surface area contributed by atoms with Gasteiger partial charge in [-0.1, -0.05) is 0 Å². The van der Waals surface area contributed by atoms with Gasteiger partial charge < -0.3 is 4.90 Å². The Morgan fingerprint density at radius 2 is 2.08 bits per heavy atom. The van der Waals surface area contributed by atoms with Crippen LogP contribution in [0.3, 0.4) is 0 Å². The van der Waals surface area contributed by atoms with Gasteiger partial charge in [0.2, 0.25) is 5.91 Å². The van der Waals surface area contributed by atoms with E-state index in [0.29, 0.717) is 11.8 Å². The lowest BCUT2D eigenvalue weighted by atomic mass is 10.0. The van der Waals surface area contributed by atoms with Crippen LogP contribution in [-0.4, -0.2) is 36.9 Å². The fourth-order valence-corrected chi connectivity index (χ4v) is 4.28. The van der Waals surface area contributed by atoms with Crippen LogP contribution < -0.4 is 0 Å². The van der Waals surface area contributed by atoms with Crippen molar-refractivity contribution in [2.24, 2.45) is 20.0 Å². The van der Waals surface area contributed by atoms with Gasteiger partial charge in [-0.15, -0.1) is 0 Å². The Hall–Kier alpha value is -2.11. The van der Waals surface area contributed by atoms with E-state index in [0.717, 1.165) is 31.5 Å². The average Bonchev–Trinajstić information content (AvgIpc) is 2.84. The molecule has 1 saturated carbocycles. The molecule has 2 aliphatic rings. The van der Waals surface area contributed by atoms with E-state index in [2.05, 4.69) is 28.9 Å². The zero-order valence-electron chi connectivity index (χ0n) is 14.9. The topological polar surface area (TPSA) is 56.0 Å². The fraction of sp³-hybridized carbons (Fsp3) is 0.611. The molecule has 1 aliphatic carbocycles. The summed E-state index contributed by atoms with van der Waals surface area (Å²) in [5.74, 6) is 0.796. The van der Waals surface area contributed by atoms with Gasteiger partial charge in [-0.25, -0.2) is 0 Å². The van der Waals surface area contributed by atoms with Gasteiger partial charge in [-0.3, -0.25) is 14.2 Å². The summed E-state index contributed by atoms with van der Waals surface area (Å²) in [6.07, 6.45) is 7.01. The summed E-state index contributed by atoms with van der Waals surface area (Å²) in [6, 6.07) is 0.196. The van der Waals surface area contributed by atoms with Gasteiger partial charge in [0, 0.05) is 44.0 Å². The number of rotatable bonds is 3. The Kier molecular flexibility index (Phi) is 3.51. The second kappa shape index (κ2) is 5.46. The summed E-state index contributed by atoms with van der Waals surface area (Å²) in [7, 11) is 3.90. The van der Waals surface area contributed by atoms with Gasteiger partial charge in [0.1, 0.15) is 0 Å². The van der Waals surface area contributed by atoms with E-state index >= 15 is 0 Å². The van der Waals surface area contributed by atoms with Crippen LogP contribution in [0.1, 0.15) is 53.7 Å². The highest BCUT2D eigenvalue weighted by Gasteiger charge is 2.48. The van der Waals surface area contributed by atoms with Crippen molar-refractivity contribution >= 4 is 5.91 Å². The lowest BCUT2D eigenvalue weighted by Crippen LogP contribution is -2.32. The van der Waals surface area contributed by atoms with Crippen molar-refractivity contribution in [3.8, 4) is 0 Å². The van der Waals surface area contributed by atoms with E-state index in [1.54, 1.807) is 0 Å². The molecule has 0 aromatic carbocycles. The highest BCUT2D eigenvalue weighted by molar-refractivity contribution is 5.83. The summed E-state index contributed by atoms with van der Waals surface area (Å²) >= 11 is 0. The molecular weight excluding hydrogens is 302 g/mol. The SMILES string of the molecule is Cc1nn(C)c(C)c1C1CCCN1C(=O)C1CC1c1cnn(C)c1. The summed E-state index contributed by atoms with van der Waals surface area (Å²) in [5.41, 5.74) is 4.68. The van der Waals surface area contributed by atoms with Gasteiger partial charge in [0.25, 0.3) is 0 Å². The van der Waals surface area contributed by atoms with Crippen molar-refractivity contribution in [1.82, 2.24) is 24.5 Å². The molecule has 4 rings (SSSR count). The number of aryl methyl sites for hydroxylation is 3. The minimum atomic E-state index is 0.132. The predicted octanol–water partition coefficient (Wildman–Crippen LogP) is 2.24. The maximum Gasteiger partial charge on any atom is 0.226 e. The Bertz CT molecular complexity index is 789. The fourth-order valence-electron chi connectivity index (χ4n) is 4.28. The van der Waals surface area contributed by atoms with Crippen LogP contribution >= 0.6 is 0 Å². The quantitative estimate of drug-likeness (QED) is 0.869.